The molecule has 0 radical (unpaired) electrons. The monoisotopic (exact) mass is 280 g/mol. The first-order valence-corrected chi connectivity index (χ1v) is 13.1. The molecule has 0 aromatic rings. The van der Waals surface area contributed by atoms with E-state index in [0.717, 1.165) is 12.1 Å². The molecule has 0 fully saturated rings. The highest BCUT2D eigenvalue weighted by Gasteiger charge is 2.20. The highest BCUT2D eigenvalue weighted by molar-refractivity contribution is 7.45. The molecule has 0 unspecified atom stereocenters. The molecule has 0 aromatic heterocycles. The lowest BCUT2D eigenvalue weighted by molar-refractivity contribution is 1.55. The van der Waals surface area contributed by atoms with Crippen LogP contribution in [0.1, 0.15) is 0 Å². The summed E-state index contributed by atoms with van der Waals surface area (Å²) in [6, 6.07) is 1.52. The van der Waals surface area contributed by atoms with E-state index in [-0.39, 0.29) is 0 Å². The second kappa shape index (κ2) is 5.27. The summed E-state index contributed by atoms with van der Waals surface area (Å²) < 4.78 is 0. The van der Waals surface area contributed by atoms with Crippen molar-refractivity contribution in [1.82, 2.24) is 0 Å². The maximum Gasteiger partial charge on any atom is 0.252 e. The van der Waals surface area contributed by atoms with Crippen molar-refractivity contribution in [3.63, 3.8) is 0 Å². The molecule has 0 aliphatic carbocycles. The number of hydrogen-bond donors (Lipinski definition) is 0. The summed E-state index contributed by atoms with van der Waals surface area (Å²) in [5.74, 6) is 0. The van der Waals surface area contributed by atoms with Crippen LogP contribution >= 0.6 is 44.3 Å². The predicted octanol–water partition coefficient (Wildman–Crippen LogP) is 4.64. The Hall–Kier alpha value is 1.33. The molecule has 0 bridgehead atoms. The average molecular weight is 282 g/mol. The second-order valence-corrected chi connectivity index (χ2v) is 19.3. The van der Waals surface area contributed by atoms with Crippen LogP contribution in [0.15, 0.2) is 12.2 Å². The molecular formula is C6H12Cl4Si2. The van der Waals surface area contributed by atoms with Gasteiger partial charge >= 0.3 is 0 Å². The average Bonchev–Trinajstić information content (AvgIpc) is 1.76. The van der Waals surface area contributed by atoms with Crippen LogP contribution in [0, 0.1) is 0 Å². The lowest BCUT2D eigenvalue weighted by Crippen LogP contribution is -2.11. The minimum absolute atomic E-state index is 0.758. The van der Waals surface area contributed by atoms with Crippen LogP contribution in [0.2, 0.25) is 25.2 Å². The van der Waals surface area contributed by atoms with Crippen molar-refractivity contribution in [1.29, 1.82) is 0 Å². The van der Waals surface area contributed by atoms with Crippen LogP contribution in [0.3, 0.4) is 0 Å². The molecule has 0 rings (SSSR count). The molecule has 0 saturated heterocycles. The van der Waals surface area contributed by atoms with Crippen LogP contribution in [0.5, 0.6) is 0 Å². The Morgan fingerprint density at radius 1 is 0.833 bits per heavy atom. The van der Waals surface area contributed by atoms with Crippen molar-refractivity contribution < 1.29 is 0 Å². The van der Waals surface area contributed by atoms with E-state index in [1.54, 1.807) is 0 Å². The van der Waals surface area contributed by atoms with E-state index in [2.05, 4.69) is 0 Å². The Morgan fingerprint density at radius 2 is 1.08 bits per heavy atom. The fraction of sp³-hybridized carbons (Fsp3) is 0.667. The molecule has 0 aliphatic rings. The Labute approximate surface area is 94.7 Å². The zero-order chi connectivity index (χ0) is 9.83. The predicted molar refractivity (Wildman–Crippen MR) is 65.4 cm³/mol. The van der Waals surface area contributed by atoms with Gasteiger partial charge in [0, 0.05) is 0 Å². The zero-order valence-corrected chi connectivity index (χ0v) is 12.1. The molecule has 0 aliphatic heterocycles. The molecule has 0 spiro atoms. The van der Waals surface area contributed by atoms with Crippen molar-refractivity contribution in [3.8, 4) is 0 Å². The number of allylic oxidation sites excluding steroid dienone is 2. The summed E-state index contributed by atoms with van der Waals surface area (Å²) in [5.41, 5.74) is 0. The smallest absolute Gasteiger partial charge is 0.146 e. The first kappa shape index (κ1) is 13.3. The maximum atomic E-state index is 5.88. The fourth-order valence-electron chi connectivity index (χ4n) is 0.581. The van der Waals surface area contributed by atoms with E-state index in [9.17, 15) is 0 Å². The van der Waals surface area contributed by atoms with Gasteiger partial charge in [0.15, 0.2) is 0 Å². The van der Waals surface area contributed by atoms with Gasteiger partial charge in [-0.2, -0.15) is 0 Å². The molecule has 0 N–H and O–H groups in total. The third kappa shape index (κ3) is 11.3. The summed E-state index contributed by atoms with van der Waals surface area (Å²) in [6.45, 7) is -0.159. The third-order valence-electron chi connectivity index (χ3n) is 1.12. The van der Waals surface area contributed by atoms with Gasteiger partial charge in [0.25, 0.3) is 13.4 Å². The van der Waals surface area contributed by atoms with Crippen molar-refractivity contribution in [2.45, 2.75) is 25.2 Å². The van der Waals surface area contributed by atoms with Crippen molar-refractivity contribution in [2.75, 3.05) is 0 Å². The molecule has 6 heteroatoms. The van der Waals surface area contributed by atoms with Crippen LogP contribution in [-0.2, 0) is 0 Å². The zero-order valence-electron chi connectivity index (χ0n) is 7.08. The highest BCUT2D eigenvalue weighted by atomic mass is 35.7. The standard InChI is InChI=1S/C6H12Cl4Si2/c1-11(7,8)5-3-4-6-12(2,9)10/h3-4H,5-6H2,1-2H3/b4-3-. The first-order chi connectivity index (χ1) is 5.21. The summed E-state index contributed by atoms with van der Waals surface area (Å²) in [5, 5.41) is 0. The number of halogens is 4. The van der Waals surface area contributed by atoms with Gasteiger partial charge in [-0.05, 0) is 25.2 Å². The largest absolute Gasteiger partial charge is 0.252 e. The lowest BCUT2D eigenvalue weighted by atomic mass is 10.6. The molecule has 0 atom stereocenters. The quantitative estimate of drug-likeness (QED) is 0.400. The molecule has 0 amide bonds. The van der Waals surface area contributed by atoms with Gasteiger partial charge in [-0.1, -0.05) is 12.2 Å². The van der Waals surface area contributed by atoms with Gasteiger partial charge < -0.3 is 0 Å². The fourth-order valence-corrected chi connectivity index (χ4v) is 2.81. The van der Waals surface area contributed by atoms with Crippen LogP contribution in [0.4, 0.5) is 0 Å². The van der Waals surface area contributed by atoms with Crippen molar-refractivity contribution in [2.24, 2.45) is 0 Å². The number of rotatable bonds is 4. The minimum atomic E-state index is -1.97. The van der Waals surface area contributed by atoms with Gasteiger partial charge in [0.2, 0.25) is 0 Å². The van der Waals surface area contributed by atoms with E-state index in [4.69, 9.17) is 44.3 Å². The van der Waals surface area contributed by atoms with E-state index in [1.807, 2.05) is 25.2 Å². The highest BCUT2D eigenvalue weighted by Crippen LogP contribution is 2.23. The molecule has 0 aromatic carbocycles. The van der Waals surface area contributed by atoms with Gasteiger partial charge in [0.05, 0.1) is 0 Å². The Morgan fingerprint density at radius 3 is 1.25 bits per heavy atom. The Kier molecular flexibility index (Phi) is 5.86. The molecule has 72 valence electrons. The van der Waals surface area contributed by atoms with Gasteiger partial charge in [-0.15, -0.1) is 44.3 Å². The van der Waals surface area contributed by atoms with Gasteiger partial charge in [-0.3, -0.25) is 0 Å². The minimum Gasteiger partial charge on any atom is -0.146 e. The van der Waals surface area contributed by atoms with E-state index < -0.39 is 13.4 Å². The molecule has 0 nitrogen and oxygen atoms in total. The number of hydrogen-bond acceptors (Lipinski definition) is 0. The topological polar surface area (TPSA) is 0 Å². The second-order valence-electron chi connectivity index (χ2n) is 3.02. The van der Waals surface area contributed by atoms with Crippen LogP contribution < -0.4 is 0 Å². The Bertz CT molecular complexity index is 138. The maximum absolute atomic E-state index is 5.88. The van der Waals surface area contributed by atoms with Crippen LogP contribution in [0.25, 0.3) is 0 Å². The van der Waals surface area contributed by atoms with E-state index in [1.165, 1.54) is 0 Å². The molecular weight excluding hydrogens is 270 g/mol. The molecule has 0 heterocycles. The summed E-state index contributed by atoms with van der Waals surface area (Å²) in [6.07, 6.45) is 3.95. The lowest BCUT2D eigenvalue weighted by Gasteiger charge is -2.07. The van der Waals surface area contributed by atoms with Gasteiger partial charge in [0.1, 0.15) is 0 Å². The van der Waals surface area contributed by atoms with Crippen LogP contribution in [-0.4, -0.2) is 13.4 Å². The summed E-state index contributed by atoms with van der Waals surface area (Å²) >= 11 is 23.5. The SMILES string of the molecule is C[Si](Cl)(Cl)C/C=C\C[Si](C)(Cl)Cl. The van der Waals surface area contributed by atoms with Gasteiger partial charge in [-0.25, -0.2) is 0 Å². The molecule has 0 saturated carbocycles. The van der Waals surface area contributed by atoms with E-state index >= 15 is 0 Å². The van der Waals surface area contributed by atoms with Crippen molar-refractivity contribution in [3.05, 3.63) is 12.2 Å². The molecule has 12 heavy (non-hydrogen) atoms. The summed E-state index contributed by atoms with van der Waals surface area (Å²) in [4.78, 5) is 0. The normalized spacial score (nSPS) is 14.2. The summed E-state index contributed by atoms with van der Waals surface area (Å²) in [7, 11) is 0. The van der Waals surface area contributed by atoms with E-state index in [0.29, 0.717) is 0 Å². The third-order valence-corrected chi connectivity index (χ3v) is 4.88. The first-order valence-electron chi connectivity index (χ1n) is 3.61. The Balaban J connectivity index is 3.66. The van der Waals surface area contributed by atoms with Crippen molar-refractivity contribution >= 4 is 57.7 Å².